The summed E-state index contributed by atoms with van der Waals surface area (Å²) in [6, 6.07) is 4.13. The maximum Gasteiger partial charge on any atom is 0.187 e. The number of nitrogens with zero attached hydrogens (tertiary/aromatic N) is 5. The SMILES string of the molecule is CCn1cc(CN2CCO[C@@H](c3cc(Nc4ncc(C)s4)cc(C)n3)C2)c(C)n1. The number of morpholine rings is 1. The molecule has 8 heteroatoms. The molecule has 3 aromatic rings. The van der Waals surface area contributed by atoms with Crippen LogP contribution in [-0.4, -0.2) is 44.3 Å². The largest absolute Gasteiger partial charge is 0.369 e. The summed E-state index contributed by atoms with van der Waals surface area (Å²) in [5.41, 5.74) is 5.33. The molecule has 0 amide bonds. The van der Waals surface area contributed by atoms with Crippen molar-refractivity contribution in [2.24, 2.45) is 0 Å². The number of aromatic nitrogens is 4. The van der Waals surface area contributed by atoms with Crippen LogP contribution in [0.2, 0.25) is 0 Å². The van der Waals surface area contributed by atoms with Gasteiger partial charge in [-0.1, -0.05) is 0 Å². The van der Waals surface area contributed by atoms with Gasteiger partial charge in [0.1, 0.15) is 6.10 Å². The molecular weight excluding hydrogens is 384 g/mol. The molecule has 7 nitrogen and oxygen atoms in total. The van der Waals surface area contributed by atoms with Crippen molar-refractivity contribution < 1.29 is 4.74 Å². The first kappa shape index (κ1) is 20.0. The Morgan fingerprint density at radius 3 is 2.86 bits per heavy atom. The standard InChI is InChI=1S/C21H28N6OS/c1-5-27-12-17(16(4)25-27)11-26-6-7-28-20(13-26)19-9-18(8-14(2)23-19)24-21-22-10-15(3)29-21/h8-10,12,20H,5-7,11,13H2,1-4H3,(H,22,23,24)/t20-/m1/s1. The molecule has 1 aliphatic heterocycles. The van der Waals surface area contributed by atoms with E-state index in [0.29, 0.717) is 6.61 Å². The van der Waals surface area contributed by atoms with Crippen LogP contribution in [0.25, 0.3) is 0 Å². The lowest BCUT2D eigenvalue weighted by Gasteiger charge is -2.32. The Balaban J connectivity index is 1.48. The molecule has 0 spiro atoms. The number of rotatable bonds is 6. The van der Waals surface area contributed by atoms with E-state index >= 15 is 0 Å². The van der Waals surface area contributed by atoms with Gasteiger partial charge in [-0.25, -0.2) is 4.98 Å². The van der Waals surface area contributed by atoms with Crippen molar-refractivity contribution in [2.45, 2.75) is 46.9 Å². The Morgan fingerprint density at radius 2 is 2.14 bits per heavy atom. The van der Waals surface area contributed by atoms with Gasteiger partial charge < -0.3 is 10.1 Å². The zero-order valence-corrected chi connectivity index (χ0v) is 18.3. The van der Waals surface area contributed by atoms with E-state index in [2.05, 4.69) is 53.3 Å². The minimum Gasteiger partial charge on any atom is -0.369 e. The molecule has 1 fully saturated rings. The smallest absolute Gasteiger partial charge is 0.187 e. The summed E-state index contributed by atoms with van der Waals surface area (Å²) >= 11 is 1.65. The van der Waals surface area contributed by atoms with Gasteiger partial charge >= 0.3 is 0 Å². The van der Waals surface area contributed by atoms with E-state index in [9.17, 15) is 0 Å². The van der Waals surface area contributed by atoms with E-state index in [1.807, 2.05) is 23.9 Å². The fraction of sp³-hybridized carbons (Fsp3) is 0.476. The van der Waals surface area contributed by atoms with Crippen LogP contribution in [0.4, 0.5) is 10.8 Å². The van der Waals surface area contributed by atoms with Crippen molar-refractivity contribution in [1.29, 1.82) is 0 Å². The van der Waals surface area contributed by atoms with Crippen molar-refractivity contribution in [3.63, 3.8) is 0 Å². The second-order valence-electron chi connectivity index (χ2n) is 7.51. The van der Waals surface area contributed by atoms with Crippen LogP contribution in [-0.2, 0) is 17.8 Å². The molecule has 0 radical (unpaired) electrons. The highest BCUT2D eigenvalue weighted by Gasteiger charge is 2.24. The van der Waals surface area contributed by atoms with E-state index in [0.717, 1.165) is 54.1 Å². The van der Waals surface area contributed by atoms with Gasteiger partial charge in [-0.3, -0.25) is 14.6 Å². The van der Waals surface area contributed by atoms with Crippen molar-refractivity contribution in [3.8, 4) is 0 Å². The molecule has 3 aromatic heterocycles. The number of ether oxygens (including phenoxy) is 1. The van der Waals surface area contributed by atoms with Crippen molar-refractivity contribution in [2.75, 3.05) is 25.0 Å². The Labute approximate surface area is 175 Å². The highest BCUT2D eigenvalue weighted by molar-refractivity contribution is 7.15. The number of pyridine rings is 1. The number of hydrogen-bond acceptors (Lipinski definition) is 7. The van der Waals surface area contributed by atoms with Crippen molar-refractivity contribution in [1.82, 2.24) is 24.6 Å². The lowest BCUT2D eigenvalue weighted by atomic mass is 10.1. The summed E-state index contributed by atoms with van der Waals surface area (Å²) in [5.74, 6) is 0. The summed E-state index contributed by atoms with van der Waals surface area (Å²) in [6.07, 6.45) is 4.00. The molecule has 0 unspecified atom stereocenters. The third kappa shape index (κ3) is 4.83. The van der Waals surface area contributed by atoms with Gasteiger partial charge in [0.15, 0.2) is 5.13 Å². The molecule has 0 aromatic carbocycles. The van der Waals surface area contributed by atoms with Crippen molar-refractivity contribution in [3.05, 3.63) is 52.0 Å². The van der Waals surface area contributed by atoms with Crippen LogP contribution in [0.1, 0.15) is 40.6 Å². The molecular formula is C21H28N6OS. The van der Waals surface area contributed by atoms with E-state index < -0.39 is 0 Å². The predicted octanol–water partition coefficient (Wildman–Crippen LogP) is 4.00. The van der Waals surface area contributed by atoms with Crippen LogP contribution >= 0.6 is 11.3 Å². The summed E-state index contributed by atoms with van der Waals surface area (Å²) < 4.78 is 8.09. The van der Waals surface area contributed by atoms with E-state index in [1.54, 1.807) is 11.3 Å². The molecule has 4 rings (SSSR count). The van der Waals surface area contributed by atoms with Gasteiger partial charge in [0.2, 0.25) is 0 Å². The number of thiazole rings is 1. The zero-order chi connectivity index (χ0) is 20.4. The first-order valence-electron chi connectivity index (χ1n) is 10.0. The average Bonchev–Trinajstić information content (AvgIpc) is 3.26. The van der Waals surface area contributed by atoms with Gasteiger partial charge in [0.25, 0.3) is 0 Å². The van der Waals surface area contributed by atoms with Gasteiger partial charge in [0.05, 0.1) is 18.0 Å². The number of aryl methyl sites for hydroxylation is 4. The maximum absolute atomic E-state index is 6.09. The fourth-order valence-corrected chi connectivity index (χ4v) is 4.29. The minimum atomic E-state index is -0.0382. The molecule has 1 N–H and O–H groups in total. The zero-order valence-electron chi connectivity index (χ0n) is 17.5. The molecule has 1 aliphatic rings. The third-order valence-corrected chi connectivity index (χ3v) is 5.92. The molecule has 0 saturated carbocycles. The van der Waals surface area contributed by atoms with Crippen LogP contribution in [0, 0.1) is 20.8 Å². The Hall–Kier alpha value is -2.29. The van der Waals surface area contributed by atoms with Crippen LogP contribution in [0.3, 0.4) is 0 Å². The molecule has 29 heavy (non-hydrogen) atoms. The Kier molecular flexibility index (Phi) is 5.94. The minimum absolute atomic E-state index is 0.0382. The summed E-state index contributed by atoms with van der Waals surface area (Å²) in [5, 5.41) is 8.87. The molecule has 1 saturated heterocycles. The molecule has 1 atom stereocenters. The average molecular weight is 413 g/mol. The second kappa shape index (κ2) is 8.61. The first-order valence-corrected chi connectivity index (χ1v) is 10.9. The third-order valence-electron chi connectivity index (χ3n) is 5.09. The predicted molar refractivity (Wildman–Crippen MR) is 116 cm³/mol. The molecule has 4 heterocycles. The Bertz CT molecular complexity index is 981. The number of nitrogens with one attached hydrogen (secondary N) is 1. The van der Waals surface area contributed by atoms with Gasteiger partial charge in [-0.05, 0) is 39.8 Å². The highest BCUT2D eigenvalue weighted by Crippen LogP contribution is 2.27. The van der Waals surface area contributed by atoms with Crippen molar-refractivity contribution >= 4 is 22.2 Å². The summed E-state index contributed by atoms with van der Waals surface area (Å²) in [6.45, 7) is 12.5. The van der Waals surface area contributed by atoms with E-state index in [1.165, 1.54) is 10.4 Å². The molecule has 0 bridgehead atoms. The topological polar surface area (TPSA) is 68.1 Å². The monoisotopic (exact) mass is 412 g/mol. The first-order chi connectivity index (χ1) is 14.0. The maximum atomic E-state index is 6.09. The van der Waals surface area contributed by atoms with Crippen LogP contribution in [0.15, 0.2) is 24.5 Å². The normalized spacial score (nSPS) is 17.6. The molecule has 0 aliphatic carbocycles. The quantitative estimate of drug-likeness (QED) is 0.660. The van der Waals surface area contributed by atoms with Gasteiger partial charge in [0, 0.05) is 60.4 Å². The Morgan fingerprint density at radius 1 is 1.28 bits per heavy atom. The fourth-order valence-electron chi connectivity index (χ4n) is 3.61. The van der Waals surface area contributed by atoms with Crippen LogP contribution < -0.4 is 5.32 Å². The highest BCUT2D eigenvalue weighted by atomic mass is 32.1. The second-order valence-corrected chi connectivity index (χ2v) is 8.75. The lowest BCUT2D eigenvalue weighted by molar-refractivity contribution is -0.0350. The lowest BCUT2D eigenvalue weighted by Crippen LogP contribution is -2.38. The number of hydrogen-bond donors (Lipinski definition) is 1. The summed E-state index contributed by atoms with van der Waals surface area (Å²) in [4.78, 5) is 12.8. The number of anilines is 2. The van der Waals surface area contributed by atoms with E-state index in [4.69, 9.17) is 9.72 Å². The van der Waals surface area contributed by atoms with Gasteiger partial charge in [-0.2, -0.15) is 5.10 Å². The molecule has 154 valence electrons. The van der Waals surface area contributed by atoms with E-state index in [-0.39, 0.29) is 6.10 Å². The van der Waals surface area contributed by atoms with Crippen LogP contribution in [0.5, 0.6) is 0 Å². The summed E-state index contributed by atoms with van der Waals surface area (Å²) in [7, 11) is 0. The van der Waals surface area contributed by atoms with Gasteiger partial charge in [-0.15, -0.1) is 11.3 Å².